The summed E-state index contributed by atoms with van der Waals surface area (Å²) in [6.07, 6.45) is 0.141. The average Bonchev–Trinajstić information content (AvgIpc) is 2.84. The van der Waals surface area contributed by atoms with Crippen molar-refractivity contribution in [2.45, 2.75) is 19.4 Å². The summed E-state index contributed by atoms with van der Waals surface area (Å²) in [5.41, 5.74) is 3.52. The molecule has 4 rings (SSSR count). The molecular weight excluding hydrogens is 413 g/mol. The molecule has 0 aliphatic carbocycles. The fourth-order valence-electron chi connectivity index (χ4n) is 3.87. The Morgan fingerprint density at radius 2 is 1.72 bits per heavy atom. The number of halogens is 2. The van der Waals surface area contributed by atoms with E-state index in [1.54, 1.807) is 12.1 Å². The van der Waals surface area contributed by atoms with Crippen molar-refractivity contribution < 1.29 is 14.7 Å². The highest BCUT2D eigenvalue weighted by atomic mass is 35.5. The van der Waals surface area contributed by atoms with Crippen molar-refractivity contribution in [1.82, 2.24) is 9.47 Å². The maximum Gasteiger partial charge on any atom is 0.407 e. The molecule has 150 valence electrons. The number of nitrogens with one attached hydrogen (secondary N) is 1. The molecule has 6 nitrogen and oxygen atoms in total. The van der Waals surface area contributed by atoms with E-state index in [0.29, 0.717) is 36.0 Å². The number of para-hydroxylation sites is 1. The average molecular weight is 432 g/mol. The number of amides is 2. The monoisotopic (exact) mass is 431 g/mol. The zero-order valence-electron chi connectivity index (χ0n) is 15.5. The fourth-order valence-corrected chi connectivity index (χ4v) is 4.19. The Bertz CT molecular complexity index is 1100. The van der Waals surface area contributed by atoms with E-state index in [2.05, 4.69) is 5.32 Å². The summed E-state index contributed by atoms with van der Waals surface area (Å²) >= 11 is 12.5. The number of fused-ring (bicyclic) bond motifs is 3. The minimum atomic E-state index is -0.936. The zero-order valence-corrected chi connectivity index (χ0v) is 17.0. The van der Waals surface area contributed by atoms with Crippen LogP contribution in [0.3, 0.4) is 0 Å². The lowest BCUT2D eigenvalue weighted by atomic mass is 10.1. The first-order chi connectivity index (χ1) is 13.9. The number of carbonyl (C=O) groups is 2. The number of carboxylic acid groups (broad SMARTS) is 1. The molecule has 1 aliphatic rings. The Kier molecular flexibility index (Phi) is 5.39. The van der Waals surface area contributed by atoms with Gasteiger partial charge in [-0.1, -0.05) is 41.4 Å². The molecular formula is C21H19Cl2N3O3. The second-order valence-corrected chi connectivity index (χ2v) is 7.79. The molecule has 3 aromatic rings. The Morgan fingerprint density at radius 3 is 2.45 bits per heavy atom. The third-order valence-electron chi connectivity index (χ3n) is 5.21. The number of aromatic nitrogens is 1. The van der Waals surface area contributed by atoms with Crippen molar-refractivity contribution in [3.63, 3.8) is 0 Å². The van der Waals surface area contributed by atoms with Crippen molar-refractivity contribution in [1.29, 1.82) is 0 Å². The van der Waals surface area contributed by atoms with Gasteiger partial charge in [0.15, 0.2) is 0 Å². The van der Waals surface area contributed by atoms with Gasteiger partial charge in [-0.05, 0) is 36.2 Å². The highest BCUT2D eigenvalue weighted by Gasteiger charge is 2.25. The number of nitrogens with zero attached hydrogens (tertiary/aromatic N) is 2. The molecule has 0 bridgehead atoms. The number of hydrogen-bond acceptors (Lipinski definition) is 2. The fraction of sp³-hybridized carbons (Fsp3) is 0.238. The van der Waals surface area contributed by atoms with Crippen molar-refractivity contribution in [3.8, 4) is 0 Å². The van der Waals surface area contributed by atoms with Gasteiger partial charge >= 0.3 is 6.09 Å². The molecule has 2 amide bonds. The van der Waals surface area contributed by atoms with E-state index < -0.39 is 6.09 Å². The molecule has 0 unspecified atom stereocenters. The number of carbonyl (C=O) groups excluding carboxylic acids is 1. The number of rotatable bonds is 3. The van der Waals surface area contributed by atoms with Crippen molar-refractivity contribution in [3.05, 3.63) is 63.8 Å². The van der Waals surface area contributed by atoms with Crippen LogP contribution in [0.5, 0.6) is 0 Å². The van der Waals surface area contributed by atoms with E-state index in [0.717, 1.165) is 27.8 Å². The van der Waals surface area contributed by atoms with E-state index in [4.69, 9.17) is 23.2 Å². The Labute approximate surface area is 177 Å². The molecule has 8 heteroatoms. The van der Waals surface area contributed by atoms with Crippen LogP contribution >= 0.6 is 23.2 Å². The molecule has 0 atom stereocenters. The van der Waals surface area contributed by atoms with E-state index in [1.165, 1.54) is 4.90 Å². The smallest absolute Gasteiger partial charge is 0.407 e. The normalized spacial score (nSPS) is 13.8. The predicted octanol–water partition coefficient (Wildman–Crippen LogP) is 4.67. The summed E-state index contributed by atoms with van der Waals surface area (Å²) in [6, 6.07) is 12.8. The van der Waals surface area contributed by atoms with Crippen LogP contribution in [-0.4, -0.2) is 39.7 Å². The minimum absolute atomic E-state index is 0.103. The molecule has 0 radical (unpaired) electrons. The third-order valence-corrected chi connectivity index (χ3v) is 5.93. The van der Waals surface area contributed by atoms with Gasteiger partial charge in [0.05, 0.1) is 15.6 Å². The molecule has 0 saturated carbocycles. The van der Waals surface area contributed by atoms with Gasteiger partial charge in [0.2, 0.25) is 5.91 Å². The summed E-state index contributed by atoms with van der Waals surface area (Å²) in [4.78, 5) is 25.5. The predicted molar refractivity (Wildman–Crippen MR) is 114 cm³/mol. The van der Waals surface area contributed by atoms with Gasteiger partial charge in [-0.3, -0.25) is 4.79 Å². The lowest BCUT2D eigenvalue weighted by molar-refractivity contribution is -0.116. The van der Waals surface area contributed by atoms with Gasteiger partial charge in [0.25, 0.3) is 0 Å². The Morgan fingerprint density at radius 1 is 1.03 bits per heavy atom. The SMILES string of the molecule is O=C(Cn1c2c(c3cc(Cl)c(Cl)cc31)CCN(C(=O)O)CC2)Nc1ccccc1. The van der Waals surface area contributed by atoms with Crippen LogP contribution in [0, 0.1) is 0 Å². The molecule has 29 heavy (non-hydrogen) atoms. The Balaban J connectivity index is 1.73. The molecule has 0 spiro atoms. The van der Waals surface area contributed by atoms with Crippen LogP contribution in [0.15, 0.2) is 42.5 Å². The van der Waals surface area contributed by atoms with Crippen LogP contribution in [0.25, 0.3) is 10.9 Å². The lowest BCUT2D eigenvalue weighted by Crippen LogP contribution is -2.32. The van der Waals surface area contributed by atoms with Gasteiger partial charge < -0.3 is 19.9 Å². The molecule has 2 N–H and O–H groups in total. The van der Waals surface area contributed by atoms with Gasteiger partial charge in [0, 0.05) is 36.3 Å². The van der Waals surface area contributed by atoms with E-state index >= 15 is 0 Å². The van der Waals surface area contributed by atoms with Crippen LogP contribution in [0.1, 0.15) is 11.3 Å². The quantitative estimate of drug-likeness (QED) is 0.632. The summed E-state index contributed by atoms with van der Waals surface area (Å²) in [5, 5.41) is 14.0. The number of hydrogen-bond donors (Lipinski definition) is 2. The second kappa shape index (κ2) is 7.97. The third kappa shape index (κ3) is 3.91. The highest BCUT2D eigenvalue weighted by molar-refractivity contribution is 6.42. The first-order valence-electron chi connectivity index (χ1n) is 9.26. The van der Waals surface area contributed by atoms with Crippen molar-refractivity contribution >= 4 is 51.8 Å². The molecule has 1 aliphatic heterocycles. The van der Waals surface area contributed by atoms with Gasteiger partial charge in [-0.25, -0.2) is 4.79 Å². The zero-order chi connectivity index (χ0) is 20.5. The summed E-state index contributed by atoms with van der Waals surface area (Å²) < 4.78 is 1.93. The van der Waals surface area contributed by atoms with Gasteiger partial charge in [-0.2, -0.15) is 0 Å². The van der Waals surface area contributed by atoms with Crippen LogP contribution in [-0.2, 0) is 24.2 Å². The molecule has 0 fully saturated rings. The molecule has 2 aromatic carbocycles. The van der Waals surface area contributed by atoms with Crippen molar-refractivity contribution in [2.75, 3.05) is 18.4 Å². The maximum absolute atomic E-state index is 12.7. The second-order valence-electron chi connectivity index (χ2n) is 6.98. The molecule has 1 aromatic heterocycles. The van der Waals surface area contributed by atoms with E-state index in [-0.39, 0.29) is 12.5 Å². The number of anilines is 1. The summed E-state index contributed by atoms with van der Waals surface area (Å²) in [5.74, 6) is -0.165. The number of benzene rings is 2. The summed E-state index contributed by atoms with van der Waals surface area (Å²) in [6.45, 7) is 0.879. The van der Waals surface area contributed by atoms with Gasteiger partial charge in [0.1, 0.15) is 6.54 Å². The lowest BCUT2D eigenvalue weighted by Gasteiger charge is -2.16. The minimum Gasteiger partial charge on any atom is -0.465 e. The maximum atomic E-state index is 12.7. The van der Waals surface area contributed by atoms with E-state index in [1.807, 2.05) is 34.9 Å². The topological polar surface area (TPSA) is 74.6 Å². The first kappa shape index (κ1) is 19.6. The van der Waals surface area contributed by atoms with E-state index in [9.17, 15) is 14.7 Å². The van der Waals surface area contributed by atoms with Crippen LogP contribution in [0.2, 0.25) is 10.0 Å². The van der Waals surface area contributed by atoms with Crippen LogP contribution in [0.4, 0.5) is 10.5 Å². The van der Waals surface area contributed by atoms with Crippen LogP contribution < -0.4 is 5.32 Å². The first-order valence-corrected chi connectivity index (χ1v) is 10.0. The highest BCUT2D eigenvalue weighted by Crippen LogP contribution is 2.35. The van der Waals surface area contributed by atoms with Gasteiger partial charge in [-0.15, -0.1) is 0 Å². The molecule has 0 saturated heterocycles. The Hall–Kier alpha value is -2.70. The van der Waals surface area contributed by atoms with Crippen molar-refractivity contribution in [2.24, 2.45) is 0 Å². The summed E-state index contributed by atoms with van der Waals surface area (Å²) in [7, 11) is 0. The largest absolute Gasteiger partial charge is 0.465 e. The molecule has 2 heterocycles. The standard InChI is InChI=1S/C21H19Cl2N3O3/c22-16-10-15-14-6-8-25(21(28)29)9-7-18(14)26(19(15)11-17(16)23)12-20(27)24-13-4-2-1-3-5-13/h1-5,10-11H,6-9,12H2,(H,24,27)(H,28,29).